The Kier molecular flexibility index (Phi) is 4.30. The van der Waals surface area contributed by atoms with Crippen molar-refractivity contribution in [2.24, 2.45) is 0 Å². The molecule has 0 amide bonds. The number of rotatable bonds is 2. The van der Waals surface area contributed by atoms with E-state index in [1.54, 1.807) is 0 Å². The van der Waals surface area contributed by atoms with Gasteiger partial charge in [0.25, 0.3) is 0 Å². The molecule has 0 aliphatic carbocycles. The van der Waals surface area contributed by atoms with Gasteiger partial charge in [0, 0.05) is 43.4 Å². The zero-order chi connectivity index (χ0) is 26.2. The fourth-order valence-electron chi connectivity index (χ4n) is 6.03. The van der Waals surface area contributed by atoms with Crippen LogP contribution in [-0.2, 0) is 0 Å². The summed E-state index contributed by atoms with van der Waals surface area (Å²) in [5.74, 6) is 0.664. The van der Waals surface area contributed by atoms with Crippen LogP contribution in [0.25, 0.3) is 88.2 Å². The van der Waals surface area contributed by atoms with Gasteiger partial charge in [-0.15, -0.1) is 0 Å². The molecule has 0 spiro atoms. The molecule has 3 heterocycles. The Morgan fingerprint density at radius 2 is 1.18 bits per heavy atom. The molecule has 3 aromatic heterocycles. The van der Waals surface area contributed by atoms with E-state index in [1.165, 1.54) is 0 Å². The predicted molar refractivity (Wildman–Crippen MR) is 162 cm³/mol. The van der Waals surface area contributed by atoms with Gasteiger partial charge >= 0.3 is 0 Å². The lowest BCUT2D eigenvalue weighted by Gasteiger charge is -2.11. The summed E-state index contributed by atoms with van der Waals surface area (Å²) < 4.78 is 12.7. The highest BCUT2D eigenvalue weighted by molar-refractivity contribution is 6.18. The van der Waals surface area contributed by atoms with Crippen molar-refractivity contribution in [3.05, 3.63) is 121 Å². The summed E-state index contributed by atoms with van der Waals surface area (Å²) >= 11 is 0. The van der Waals surface area contributed by atoms with Gasteiger partial charge in [-0.25, -0.2) is 9.97 Å². The van der Waals surface area contributed by atoms with Crippen LogP contribution in [0.4, 0.5) is 0 Å². The lowest BCUT2D eigenvalue weighted by atomic mass is 9.99. The van der Waals surface area contributed by atoms with Crippen LogP contribution in [0.1, 0.15) is 0 Å². The van der Waals surface area contributed by atoms with Crippen LogP contribution in [0.2, 0.25) is 0 Å². The molecule has 0 fully saturated rings. The number of furan rings is 2. The van der Waals surface area contributed by atoms with Crippen molar-refractivity contribution in [1.29, 1.82) is 0 Å². The Balaban J connectivity index is 1.34. The maximum atomic E-state index is 6.44. The van der Waals surface area contributed by atoms with E-state index in [9.17, 15) is 0 Å². The second-order valence-corrected chi connectivity index (χ2v) is 10.2. The maximum absolute atomic E-state index is 6.44. The van der Waals surface area contributed by atoms with E-state index in [4.69, 9.17) is 18.8 Å². The monoisotopic (exact) mass is 512 g/mol. The number of hydrogen-bond acceptors (Lipinski definition) is 4. The number of fused-ring (bicyclic) bond motifs is 9. The van der Waals surface area contributed by atoms with Crippen molar-refractivity contribution in [3.63, 3.8) is 0 Å². The smallest absolute Gasteiger partial charge is 0.161 e. The minimum Gasteiger partial charge on any atom is -0.456 e. The van der Waals surface area contributed by atoms with Gasteiger partial charge in [-0.2, -0.15) is 0 Å². The minimum atomic E-state index is 0.664. The van der Waals surface area contributed by atoms with Crippen molar-refractivity contribution < 1.29 is 8.83 Å². The molecule has 0 aliphatic rings. The first-order valence-electron chi connectivity index (χ1n) is 13.3. The summed E-state index contributed by atoms with van der Waals surface area (Å²) in [5, 5.41) is 7.51. The number of hydrogen-bond donors (Lipinski definition) is 0. The Hall–Kier alpha value is -5.48. The Labute approximate surface area is 228 Å². The van der Waals surface area contributed by atoms with E-state index in [0.717, 1.165) is 82.4 Å². The lowest BCUT2D eigenvalue weighted by molar-refractivity contribution is 0.669. The zero-order valence-electron chi connectivity index (χ0n) is 21.3. The van der Waals surface area contributed by atoms with Crippen molar-refractivity contribution >= 4 is 65.6 Å². The predicted octanol–water partition coefficient (Wildman–Crippen LogP) is 9.92. The van der Waals surface area contributed by atoms with Crippen LogP contribution in [0.5, 0.6) is 0 Å². The molecule has 9 aromatic rings. The fourth-order valence-corrected chi connectivity index (χ4v) is 6.03. The highest BCUT2D eigenvalue weighted by Crippen LogP contribution is 2.40. The molecular formula is C36H20N2O2. The summed E-state index contributed by atoms with van der Waals surface area (Å²) in [4.78, 5) is 10.3. The highest BCUT2D eigenvalue weighted by Gasteiger charge is 2.18. The van der Waals surface area contributed by atoms with E-state index in [-0.39, 0.29) is 0 Å². The van der Waals surface area contributed by atoms with Crippen molar-refractivity contribution in [2.75, 3.05) is 0 Å². The number of benzene rings is 6. The van der Waals surface area contributed by atoms with Crippen molar-refractivity contribution in [3.8, 4) is 22.6 Å². The topological polar surface area (TPSA) is 52.1 Å². The molecule has 0 radical (unpaired) electrons. The summed E-state index contributed by atoms with van der Waals surface area (Å²) in [6, 6.07) is 41.4. The first-order valence-corrected chi connectivity index (χ1v) is 13.3. The van der Waals surface area contributed by atoms with Gasteiger partial charge in [-0.3, -0.25) is 0 Å². The van der Waals surface area contributed by atoms with Gasteiger partial charge in [-0.05, 0) is 41.8 Å². The number of aromatic nitrogens is 2. The first-order chi connectivity index (χ1) is 19.8. The summed E-state index contributed by atoms with van der Waals surface area (Å²) in [5.41, 5.74) is 7.15. The molecule has 40 heavy (non-hydrogen) atoms. The van der Waals surface area contributed by atoms with Crippen molar-refractivity contribution in [1.82, 2.24) is 9.97 Å². The average Bonchev–Trinajstić information content (AvgIpc) is 3.58. The highest BCUT2D eigenvalue weighted by atomic mass is 16.3. The lowest BCUT2D eigenvalue weighted by Crippen LogP contribution is -1.96. The largest absolute Gasteiger partial charge is 0.456 e. The van der Waals surface area contributed by atoms with Crippen LogP contribution in [0.15, 0.2) is 130 Å². The fraction of sp³-hybridized carbons (Fsp3) is 0. The van der Waals surface area contributed by atoms with Crippen molar-refractivity contribution in [2.45, 2.75) is 0 Å². The van der Waals surface area contributed by atoms with Crippen LogP contribution >= 0.6 is 0 Å². The molecule has 0 N–H and O–H groups in total. The van der Waals surface area contributed by atoms with Gasteiger partial charge in [0.05, 0.1) is 11.2 Å². The Morgan fingerprint density at radius 3 is 2.05 bits per heavy atom. The Bertz CT molecular complexity index is 2450. The normalized spacial score (nSPS) is 12.0. The molecule has 6 aromatic carbocycles. The summed E-state index contributed by atoms with van der Waals surface area (Å²) in [7, 11) is 0. The van der Waals surface area contributed by atoms with Crippen LogP contribution in [-0.4, -0.2) is 9.97 Å². The molecule has 4 heteroatoms. The van der Waals surface area contributed by atoms with Crippen LogP contribution < -0.4 is 0 Å². The second kappa shape index (κ2) is 8.01. The minimum absolute atomic E-state index is 0.664. The van der Waals surface area contributed by atoms with E-state index >= 15 is 0 Å². The molecule has 186 valence electrons. The summed E-state index contributed by atoms with van der Waals surface area (Å²) in [6.07, 6.45) is 0. The van der Waals surface area contributed by atoms with Crippen LogP contribution in [0, 0.1) is 0 Å². The first kappa shape index (κ1) is 21.5. The van der Waals surface area contributed by atoms with E-state index in [2.05, 4.69) is 66.7 Å². The van der Waals surface area contributed by atoms with Gasteiger partial charge in [-0.1, -0.05) is 84.9 Å². The quantitative estimate of drug-likeness (QED) is 0.231. The average molecular weight is 513 g/mol. The van der Waals surface area contributed by atoms with Gasteiger partial charge in [0.15, 0.2) is 5.82 Å². The zero-order valence-corrected chi connectivity index (χ0v) is 21.3. The molecule has 0 aliphatic heterocycles. The molecule has 0 bridgehead atoms. The van der Waals surface area contributed by atoms with E-state index in [1.807, 2.05) is 54.6 Å². The molecule has 0 saturated heterocycles. The van der Waals surface area contributed by atoms with Gasteiger partial charge in [0.1, 0.15) is 22.3 Å². The molecule has 0 unspecified atom stereocenters. The maximum Gasteiger partial charge on any atom is 0.161 e. The molecule has 0 atom stereocenters. The molecular weight excluding hydrogens is 492 g/mol. The third-order valence-electron chi connectivity index (χ3n) is 7.88. The van der Waals surface area contributed by atoms with E-state index < -0.39 is 0 Å². The Morgan fingerprint density at radius 1 is 0.475 bits per heavy atom. The summed E-state index contributed by atoms with van der Waals surface area (Å²) in [6.45, 7) is 0. The standard InChI is InChI=1S/C36H20N2O2/c1-4-13-29-27(11-1)34(22-17-18-25-23-9-2-5-14-30(23)39-32(25)20-22)38-36(37-29)28-12-7-8-21-16-19-26-24-10-3-6-15-31(24)40-35(26)33(21)28/h1-20H. The van der Waals surface area contributed by atoms with Crippen LogP contribution in [0.3, 0.4) is 0 Å². The third-order valence-corrected chi connectivity index (χ3v) is 7.88. The number of para-hydroxylation sites is 3. The van der Waals surface area contributed by atoms with Gasteiger partial charge in [0.2, 0.25) is 0 Å². The second-order valence-electron chi connectivity index (χ2n) is 10.2. The SMILES string of the molecule is c1cc(-c2nc(-c3ccc4c(c3)oc3ccccc34)c3ccccc3n2)c2c(c1)ccc1c3ccccc3oc12. The molecule has 9 rings (SSSR count). The van der Waals surface area contributed by atoms with Gasteiger partial charge < -0.3 is 8.83 Å². The molecule has 4 nitrogen and oxygen atoms in total. The number of nitrogens with zero attached hydrogens (tertiary/aromatic N) is 2. The van der Waals surface area contributed by atoms with E-state index in [0.29, 0.717) is 5.82 Å². The molecule has 0 saturated carbocycles. The third kappa shape index (κ3) is 3.01.